The van der Waals surface area contributed by atoms with Crippen LogP contribution in [0.25, 0.3) is 11.3 Å². The number of hydrogen-bond acceptors (Lipinski definition) is 1. The SMILES string of the molecule is Cn1ccc[13c]1-[13c]1[13cH][13cH][13cH]n[13cH]1. The van der Waals surface area contributed by atoms with E-state index in [1.807, 2.05) is 31.6 Å². The fourth-order valence-electron chi connectivity index (χ4n) is 1.28. The van der Waals surface area contributed by atoms with Crippen molar-refractivity contribution in [3.05, 3.63) is 42.9 Å². The summed E-state index contributed by atoms with van der Waals surface area (Å²) in [6, 6.07) is 8.12. The van der Waals surface area contributed by atoms with Gasteiger partial charge < -0.3 is 4.57 Å². The van der Waals surface area contributed by atoms with Crippen molar-refractivity contribution in [1.29, 1.82) is 0 Å². The molecule has 0 spiro atoms. The van der Waals surface area contributed by atoms with E-state index in [0.717, 1.165) is 5.56 Å². The summed E-state index contributed by atoms with van der Waals surface area (Å²) in [6.45, 7) is 0. The van der Waals surface area contributed by atoms with Gasteiger partial charge in [0, 0.05) is 36.9 Å². The van der Waals surface area contributed by atoms with Crippen LogP contribution in [-0.2, 0) is 7.05 Å². The van der Waals surface area contributed by atoms with Crippen LogP contribution >= 0.6 is 0 Å². The Morgan fingerprint density at radius 3 is 2.75 bits per heavy atom. The van der Waals surface area contributed by atoms with Gasteiger partial charge in [-0.15, -0.1) is 0 Å². The van der Waals surface area contributed by atoms with E-state index < -0.39 is 0 Å². The molecule has 2 nitrogen and oxygen atoms in total. The first kappa shape index (κ1) is 7.10. The minimum atomic E-state index is 1.16. The van der Waals surface area contributed by atoms with Gasteiger partial charge in [-0.25, -0.2) is 0 Å². The summed E-state index contributed by atoms with van der Waals surface area (Å²) < 4.78 is 2.08. The highest BCUT2D eigenvalue weighted by atomic mass is 15.2. The number of rotatable bonds is 1. The van der Waals surface area contributed by atoms with Crippen LogP contribution in [0.4, 0.5) is 0 Å². The Balaban J connectivity index is 2.51. The molecule has 0 fully saturated rings. The molecule has 0 saturated heterocycles. The van der Waals surface area contributed by atoms with E-state index in [-0.39, 0.29) is 0 Å². The lowest BCUT2D eigenvalue weighted by Gasteiger charge is -2.01. The molecular formula is C10H10N2. The van der Waals surface area contributed by atoms with Gasteiger partial charge >= 0.3 is 0 Å². The minimum absolute atomic E-state index is 1.16. The van der Waals surface area contributed by atoms with Crippen LogP contribution in [0.3, 0.4) is 0 Å². The Labute approximate surface area is 71.5 Å². The summed E-state index contributed by atoms with van der Waals surface area (Å²) in [5.41, 5.74) is 2.35. The van der Waals surface area contributed by atoms with E-state index in [9.17, 15) is 0 Å². The third kappa shape index (κ3) is 1.11. The topological polar surface area (TPSA) is 17.8 Å². The van der Waals surface area contributed by atoms with E-state index in [2.05, 4.69) is 21.7 Å². The summed E-state index contributed by atoms with van der Waals surface area (Å²) >= 11 is 0. The van der Waals surface area contributed by atoms with E-state index in [4.69, 9.17) is 0 Å². The molecule has 0 bridgehead atoms. The molecule has 0 aromatic carbocycles. The van der Waals surface area contributed by atoms with E-state index in [1.165, 1.54) is 5.69 Å². The Hall–Kier alpha value is -1.57. The normalized spacial score (nSPS) is 10.1. The van der Waals surface area contributed by atoms with Gasteiger partial charge in [0.05, 0.1) is 0 Å². The maximum atomic E-state index is 4.07. The van der Waals surface area contributed by atoms with Crippen LogP contribution in [-0.4, -0.2) is 9.55 Å². The molecule has 0 aliphatic carbocycles. The van der Waals surface area contributed by atoms with Crippen molar-refractivity contribution >= 4 is 0 Å². The molecule has 0 atom stereocenters. The Kier molecular flexibility index (Phi) is 1.67. The van der Waals surface area contributed by atoms with E-state index in [0.29, 0.717) is 0 Å². The lowest BCUT2D eigenvalue weighted by molar-refractivity contribution is 0.936. The maximum absolute atomic E-state index is 4.07. The fraction of sp³-hybridized carbons (Fsp3) is 0.100. The zero-order valence-corrected chi connectivity index (χ0v) is 6.94. The highest BCUT2D eigenvalue weighted by Crippen LogP contribution is 2.16. The molecule has 0 aliphatic heterocycles. The molecule has 0 aliphatic rings. The largest absolute Gasteiger partial charge is 0.351 e. The fourth-order valence-corrected chi connectivity index (χ4v) is 1.28. The number of pyridine rings is 1. The van der Waals surface area contributed by atoms with Crippen LogP contribution in [0.1, 0.15) is 0 Å². The average Bonchev–Trinajstić information content (AvgIpc) is 2.53. The Bertz CT molecular complexity index is 362. The third-order valence-electron chi connectivity index (χ3n) is 1.90. The van der Waals surface area contributed by atoms with Crippen LogP contribution < -0.4 is 0 Å². The molecule has 0 saturated carbocycles. The number of aromatic nitrogens is 2. The van der Waals surface area contributed by atoms with E-state index >= 15 is 0 Å². The third-order valence-corrected chi connectivity index (χ3v) is 1.90. The second kappa shape index (κ2) is 2.81. The van der Waals surface area contributed by atoms with Crippen LogP contribution in [0.5, 0.6) is 0 Å². The van der Waals surface area contributed by atoms with Crippen molar-refractivity contribution in [3.8, 4) is 11.3 Å². The van der Waals surface area contributed by atoms with Crippen LogP contribution in [0.15, 0.2) is 42.9 Å². The van der Waals surface area contributed by atoms with Crippen molar-refractivity contribution in [2.75, 3.05) is 0 Å². The minimum Gasteiger partial charge on any atom is -0.351 e. The Morgan fingerprint density at radius 2 is 2.17 bits per heavy atom. The molecular weight excluding hydrogens is 154 g/mol. The van der Waals surface area contributed by atoms with Gasteiger partial charge in [0.15, 0.2) is 0 Å². The van der Waals surface area contributed by atoms with Gasteiger partial charge in [0.2, 0.25) is 0 Å². The standard InChI is InChI=1S/C10H10N2/c1-12-7-3-5-10(12)9-4-2-6-11-8-9/h2-8H,1H3/i2+1,4+1,6+1,8+1,9+1,10+1. The molecule has 2 rings (SSSR count). The molecule has 0 N–H and O–H groups in total. The maximum Gasteiger partial charge on any atom is 0.0493 e. The molecule has 12 heavy (non-hydrogen) atoms. The summed E-state index contributed by atoms with van der Waals surface area (Å²) in [5, 5.41) is 0. The smallest absolute Gasteiger partial charge is 0.0493 e. The highest BCUT2D eigenvalue weighted by Gasteiger charge is 1.98. The molecule has 60 valence electrons. The quantitative estimate of drug-likeness (QED) is 0.631. The molecule has 2 heterocycles. The number of aryl methyl sites for hydroxylation is 1. The van der Waals surface area contributed by atoms with Crippen LogP contribution in [0, 0.1) is 0 Å². The van der Waals surface area contributed by atoms with Crippen molar-refractivity contribution in [2.45, 2.75) is 0 Å². The van der Waals surface area contributed by atoms with Gasteiger partial charge in [-0.2, -0.15) is 0 Å². The zero-order chi connectivity index (χ0) is 8.39. The first-order valence-electron chi connectivity index (χ1n) is 3.89. The van der Waals surface area contributed by atoms with Gasteiger partial charge in [-0.1, -0.05) is 0 Å². The summed E-state index contributed by atoms with van der Waals surface area (Å²) in [5.74, 6) is 0. The first-order valence-corrected chi connectivity index (χ1v) is 3.89. The summed E-state index contributed by atoms with van der Waals surface area (Å²) in [7, 11) is 2.03. The van der Waals surface area contributed by atoms with Gasteiger partial charge in [0.25, 0.3) is 0 Å². The molecule has 2 aromatic heterocycles. The number of nitrogens with zero attached hydrogens (tertiary/aromatic N) is 2. The lowest BCUT2D eigenvalue weighted by atomic mass is 10.7. The van der Waals surface area contributed by atoms with Crippen molar-refractivity contribution in [3.63, 3.8) is 0 Å². The van der Waals surface area contributed by atoms with Gasteiger partial charge in [0.1, 0.15) is 0 Å². The summed E-state index contributed by atoms with van der Waals surface area (Å²) in [4.78, 5) is 4.07. The molecule has 2 aromatic rings. The van der Waals surface area contributed by atoms with E-state index in [1.54, 1.807) is 6.20 Å². The average molecular weight is 164 g/mol. The first-order chi connectivity index (χ1) is 5.88. The monoisotopic (exact) mass is 164 g/mol. The molecule has 2 heteroatoms. The van der Waals surface area contributed by atoms with Crippen LogP contribution in [0.2, 0.25) is 0 Å². The van der Waals surface area contributed by atoms with Crippen molar-refractivity contribution < 1.29 is 0 Å². The Morgan fingerprint density at radius 1 is 1.25 bits per heavy atom. The van der Waals surface area contributed by atoms with Gasteiger partial charge in [-0.3, -0.25) is 4.98 Å². The zero-order valence-electron chi connectivity index (χ0n) is 6.94. The second-order valence-electron chi connectivity index (χ2n) is 2.75. The summed E-state index contributed by atoms with van der Waals surface area (Å²) in [6.07, 6.45) is 5.68. The second-order valence-corrected chi connectivity index (χ2v) is 2.75. The lowest BCUT2D eigenvalue weighted by Crippen LogP contribution is -1.88. The van der Waals surface area contributed by atoms with Crippen molar-refractivity contribution in [2.24, 2.45) is 7.05 Å². The number of hydrogen-bond donors (Lipinski definition) is 0. The molecule has 0 unspecified atom stereocenters. The highest BCUT2D eigenvalue weighted by molar-refractivity contribution is 5.58. The molecule has 0 amide bonds. The molecule has 0 radical (unpaired) electrons. The van der Waals surface area contributed by atoms with Gasteiger partial charge in [-0.05, 0) is 24.3 Å². The predicted molar refractivity (Wildman–Crippen MR) is 48.6 cm³/mol. The van der Waals surface area contributed by atoms with Crippen molar-refractivity contribution in [1.82, 2.24) is 9.55 Å². The predicted octanol–water partition coefficient (Wildman–Crippen LogP) is 2.09.